The fourth-order valence-electron chi connectivity index (χ4n) is 7.70. The Hall–Kier alpha value is -3.91. The minimum atomic E-state index is -5.04. The van der Waals surface area contributed by atoms with Crippen LogP contribution < -0.4 is 0 Å². The Morgan fingerprint density at radius 3 is 1.98 bits per heavy atom. The van der Waals surface area contributed by atoms with Crippen molar-refractivity contribution >= 4 is 11.8 Å². The van der Waals surface area contributed by atoms with Crippen LogP contribution in [0, 0.1) is 6.92 Å². The maximum absolute atomic E-state index is 13.8. The number of hydrogen-bond donors (Lipinski definition) is 0. The van der Waals surface area contributed by atoms with E-state index in [1.807, 2.05) is 35.2 Å². The molecule has 6 rings (SSSR count). The van der Waals surface area contributed by atoms with Crippen LogP contribution in [0.3, 0.4) is 0 Å². The summed E-state index contributed by atoms with van der Waals surface area (Å²) >= 11 is 0. The molecule has 2 amide bonds. The van der Waals surface area contributed by atoms with E-state index in [2.05, 4.69) is 15.0 Å². The molecule has 8 nitrogen and oxygen atoms in total. The second-order valence-electron chi connectivity index (χ2n) is 13.6. The van der Waals surface area contributed by atoms with Gasteiger partial charge in [-0.15, -0.1) is 0 Å². The Morgan fingerprint density at radius 2 is 1.38 bits per heavy atom. The number of hydrogen-bond acceptors (Lipinski definition) is 6. The highest BCUT2D eigenvalue weighted by atomic mass is 19.4. The molecule has 1 aromatic heterocycles. The van der Waals surface area contributed by atoms with Crippen molar-refractivity contribution in [3.8, 4) is 0 Å². The van der Waals surface area contributed by atoms with Crippen LogP contribution >= 0.6 is 0 Å². The molecule has 14 heteroatoms. The first-order valence-electron chi connectivity index (χ1n) is 17.1. The van der Waals surface area contributed by atoms with Crippen LogP contribution in [0.5, 0.6) is 0 Å². The van der Waals surface area contributed by atoms with Crippen molar-refractivity contribution in [1.29, 1.82) is 0 Å². The zero-order valence-corrected chi connectivity index (χ0v) is 27.8. The van der Waals surface area contributed by atoms with Crippen LogP contribution in [0.4, 0.5) is 26.3 Å². The zero-order valence-electron chi connectivity index (χ0n) is 27.8. The number of rotatable bonds is 6. The average molecular weight is 706 g/mol. The predicted octanol–water partition coefficient (Wildman–Crippen LogP) is 6.55. The van der Waals surface area contributed by atoms with E-state index in [1.54, 1.807) is 13.0 Å². The van der Waals surface area contributed by atoms with Gasteiger partial charge in [0.2, 0.25) is 0 Å². The average Bonchev–Trinajstić information content (AvgIpc) is 3.38. The molecule has 270 valence electrons. The molecule has 0 radical (unpaired) electrons. The molecular formula is C36H41F6N5O3. The lowest BCUT2D eigenvalue weighted by atomic mass is 9.90. The molecule has 3 aliphatic heterocycles. The molecule has 0 spiro atoms. The Labute approximate surface area is 287 Å². The molecular weight excluding hydrogens is 664 g/mol. The number of amides is 2. The third-order valence-electron chi connectivity index (χ3n) is 10.3. The molecule has 0 N–H and O–H groups in total. The zero-order chi connectivity index (χ0) is 35.6. The van der Waals surface area contributed by atoms with Crippen LogP contribution in [0.25, 0.3) is 0 Å². The summed E-state index contributed by atoms with van der Waals surface area (Å²) < 4.78 is 86.8. The smallest absolute Gasteiger partial charge is 0.361 e. The molecule has 4 heterocycles. The Morgan fingerprint density at radius 1 is 0.760 bits per heavy atom. The monoisotopic (exact) mass is 705 g/mol. The van der Waals surface area contributed by atoms with E-state index < -0.39 is 41.0 Å². The number of aryl methyl sites for hydroxylation is 1. The lowest BCUT2D eigenvalue weighted by Gasteiger charge is -2.47. The van der Waals surface area contributed by atoms with Crippen molar-refractivity contribution in [2.24, 2.45) is 0 Å². The van der Waals surface area contributed by atoms with E-state index in [0.29, 0.717) is 62.0 Å². The second-order valence-corrected chi connectivity index (χ2v) is 13.6. The summed E-state index contributed by atoms with van der Waals surface area (Å²) in [4.78, 5) is 34.9. The molecule has 2 aromatic carbocycles. The van der Waals surface area contributed by atoms with Gasteiger partial charge in [-0.2, -0.15) is 26.3 Å². The third kappa shape index (κ3) is 8.34. The highest BCUT2D eigenvalue weighted by Crippen LogP contribution is 2.37. The number of likely N-dealkylation sites (tertiary alicyclic amines) is 2. The first-order valence-corrected chi connectivity index (χ1v) is 17.1. The van der Waals surface area contributed by atoms with Crippen molar-refractivity contribution in [3.63, 3.8) is 0 Å². The van der Waals surface area contributed by atoms with Crippen molar-refractivity contribution in [2.75, 3.05) is 45.8 Å². The Bertz CT molecular complexity index is 1600. The Kier molecular flexibility index (Phi) is 10.6. The van der Waals surface area contributed by atoms with Crippen LogP contribution in [0.1, 0.15) is 75.4 Å². The van der Waals surface area contributed by atoms with E-state index in [4.69, 9.17) is 4.52 Å². The van der Waals surface area contributed by atoms with Gasteiger partial charge in [-0.05, 0) is 69.2 Å². The summed E-state index contributed by atoms with van der Waals surface area (Å²) in [6.07, 6.45) is -5.83. The molecule has 0 bridgehead atoms. The standard InChI is InChI=1S/C36H41F6N5O3/c1-24-18-32(43-50-24)34(49)46-11-5-8-29(9-12-46)44-14-16-45(17-15-44)30-10-13-47(31(23-30)19-25-6-3-2-4-7-25)33(48)26-20-27(35(37,38)39)22-28(21-26)36(40,41)42/h2-4,6-7,18,20-22,29-31H,5,8-17,19,23H2,1H3/t29?,30-,31+/m0/s1. The number of carbonyl (C=O) groups excluding carboxylic acids is 2. The van der Waals surface area contributed by atoms with Gasteiger partial charge in [0.25, 0.3) is 11.8 Å². The molecule has 3 aromatic rings. The van der Waals surface area contributed by atoms with E-state index in [9.17, 15) is 35.9 Å². The van der Waals surface area contributed by atoms with Gasteiger partial charge in [-0.25, -0.2) is 0 Å². The highest BCUT2D eigenvalue weighted by Gasteiger charge is 2.40. The number of alkyl halides is 6. The van der Waals surface area contributed by atoms with Gasteiger partial charge in [0, 0.05) is 75.6 Å². The minimum Gasteiger partial charge on any atom is -0.361 e. The Balaban J connectivity index is 1.11. The first-order chi connectivity index (χ1) is 23.8. The molecule has 50 heavy (non-hydrogen) atoms. The minimum absolute atomic E-state index is 0.0499. The summed E-state index contributed by atoms with van der Waals surface area (Å²) in [5, 5.41) is 3.88. The van der Waals surface area contributed by atoms with Crippen molar-refractivity contribution < 1.29 is 40.5 Å². The normalized spacial score (nSPS) is 23.1. The summed E-state index contributed by atoms with van der Waals surface area (Å²) in [6.45, 7) is 6.57. The highest BCUT2D eigenvalue weighted by molar-refractivity contribution is 5.95. The lowest BCUT2D eigenvalue weighted by Crippen LogP contribution is -2.58. The third-order valence-corrected chi connectivity index (χ3v) is 10.3. The number of piperidine rings is 1. The summed E-state index contributed by atoms with van der Waals surface area (Å²) in [5.74, 6) is -0.348. The van der Waals surface area contributed by atoms with Gasteiger partial charge in [-0.1, -0.05) is 35.5 Å². The van der Waals surface area contributed by atoms with Crippen LogP contribution in [0.2, 0.25) is 0 Å². The van der Waals surface area contributed by atoms with E-state index in [0.717, 1.165) is 51.0 Å². The van der Waals surface area contributed by atoms with Gasteiger partial charge in [0.05, 0.1) is 11.1 Å². The maximum atomic E-state index is 13.8. The predicted molar refractivity (Wildman–Crippen MR) is 172 cm³/mol. The van der Waals surface area contributed by atoms with Gasteiger partial charge >= 0.3 is 12.4 Å². The summed E-state index contributed by atoms with van der Waals surface area (Å²) in [7, 11) is 0. The van der Waals surface area contributed by atoms with Gasteiger partial charge < -0.3 is 14.3 Å². The lowest BCUT2D eigenvalue weighted by molar-refractivity contribution is -0.143. The van der Waals surface area contributed by atoms with Crippen LogP contribution in [-0.2, 0) is 18.8 Å². The molecule has 0 saturated carbocycles. The fraction of sp³-hybridized carbons (Fsp3) is 0.528. The van der Waals surface area contributed by atoms with Crippen LogP contribution in [-0.4, -0.2) is 101 Å². The van der Waals surface area contributed by atoms with E-state index in [1.165, 1.54) is 4.90 Å². The largest absolute Gasteiger partial charge is 0.416 e. The second kappa shape index (κ2) is 14.7. The van der Waals surface area contributed by atoms with Gasteiger partial charge in [0.1, 0.15) is 5.76 Å². The number of aromatic nitrogens is 1. The SMILES string of the molecule is Cc1cc(C(=O)N2CCCC(N3CCN([C@H]4CCN(C(=O)c5cc(C(F)(F)F)cc(C(F)(F)F)c5)[C@H](Cc5ccccc5)C4)CC3)CC2)no1. The molecule has 3 fully saturated rings. The van der Waals surface area contributed by atoms with E-state index in [-0.39, 0.29) is 24.6 Å². The molecule has 1 unspecified atom stereocenters. The van der Waals surface area contributed by atoms with Gasteiger partial charge in [-0.3, -0.25) is 19.4 Å². The number of carbonyl (C=O) groups is 2. The number of benzene rings is 2. The van der Waals surface area contributed by atoms with Gasteiger partial charge in [0.15, 0.2) is 5.69 Å². The topological polar surface area (TPSA) is 73.1 Å². The van der Waals surface area contributed by atoms with Crippen molar-refractivity contribution in [3.05, 3.63) is 88.3 Å². The molecule has 3 atom stereocenters. The molecule has 0 aliphatic carbocycles. The number of halogens is 6. The quantitative estimate of drug-likeness (QED) is 0.271. The van der Waals surface area contributed by atoms with Crippen LogP contribution in [0.15, 0.2) is 59.1 Å². The van der Waals surface area contributed by atoms with Crippen molar-refractivity contribution in [2.45, 2.75) is 75.9 Å². The molecule has 3 saturated heterocycles. The number of nitrogens with zero attached hydrogens (tertiary/aromatic N) is 5. The first kappa shape index (κ1) is 35.9. The molecule has 3 aliphatic rings. The summed E-state index contributed by atoms with van der Waals surface area (Å²) in [6, 6.07) is 12.2. The van der Waals surface area contributed by atoms with E-state index >= 15 is 0 Å². The number of piperazine rings is 1. The maximum Gasteiger partial charge on any atom is 0.416 e. The van der Waals surface area contributed by atoms with Crippen molar-refractivity contribution in [1.82, 2.24) is 24.8 Å². The fourth-order valence-corrected chi connectivity index (χ4v) is 7.70. The summed E-state index contributed by atoms with van der Waals surface area (Å²) in [5.41, 5.74) is -2.35.